The second-order valence-corrected chi connectivity index (χ2v) is 11.0. The van der Waals surface area contributed by atoms with E-state index in [1.54, 1.807) is 51.2 Å². The molecular weight excluding hydrogens is 542 g/mol. The molecule has 0 bridgehead atoms. The summed E-state index contributed by atoms with van der Waals surface area (Å²) in [4.78, 5) is 30.1. The van der Waals surface area contributed by atoms with Gasteiger partial charge in [-0.15, -0.1) is 0 Å². The van der Waals surface area contributed by atoms with Crippen LogP contribution in [0.2, 0.25) is 5.02 Å². The lowest BCUT2D eigenvalue weighted by molar-refractivity contribution is 0.0525. The molecule has 4 aromatic rings. The van der Waals surface area contributed by atoms with Crippen molar-refractivity contribution < 1.29 is 23.8 Å². The van der Waals surface area contributed by atoms with Gasteiger partial charge in [-0.1, -0.05) is 54.1 Å². The van der Waals surface area contributed by atoms with E-state index in [4.69, 9.17) is 20.8 Å². The fraction of sp³-hybridized carbons (Fsp3) is 0.281. The van der Waals surface area contributed by atoms with E-state index in [0.717, 1.165) is 16.7 Å². The molecule has 0 unspecified atom stereocenters. The van der Waals surface area contributed by atoms with Crippen LogP contribution in [-0.4, -0.2) is 34.2 Å². The van der Waals surface area contributed by atoms with Crippen LogP contribution in [0.5, 0.6) is 0 Å². The van der Waals surface area contributed by atoms with E-state index < -0.39 is 17.7 Å². The van der Waals surface area contributed by atoms with E-state index in [1.165, 1.54) is 0 Å². The van der Waals surface area contributed by atoms with Gasteiger partial charge >= 0.3 is 6.09 Å². The number of hydrogen-bond acceptors (Lipinski definition) is 6. The van der Waals surface area contributed by atoms with Gasteiger partial charge in [-0.05, 0) is 80.6 Å². The summed E-state index contributed by atoms with van der Waals surface area (Å²) < 4.78 is 11.4. The fourth-order valence-electron chi connectivity index (χ4n) is 4.24. The van der Waals surface area contributed by atoms with Gasteiger partial charge < -0.3 is 24.9 Å². The van der Waals surface area contributed by atoms with Gasteiger partial charge in [0.25, 0.3) is 5.91 Å². The van der Waals surface area contributed by atoms with E-state index in [0.29, 0.717) is 47.2 Å². The number of carbonyl (C=O) groups excluding carboxylic acids is 2. The maximum absolute atomic E-state index is 13.6. The van der Waals surface area contributed by atoms with Gasteiger partial charge in [-0.25, -0.2) is 9.78 Å². The molecule has 0 saturated carbocycles. The number of alkyl carbamates (subject to hydrolysis) is 1. The van der Waals surface area contributed by atoms with Gasteiger partial charge in [0.2, 0.25) is 5.89 Å². The number of nitrogens with zero attached hydrogens (tertiary/aromatic N) is 1. The third kappa shape index (κ3) is 8.42. The number of aromatic nitrogens is 1. The van der Waals surface area contributed by atoms with Crippen LogP contribution in [-0.2, 0) is 11.3 Å². The number of rotatable bonds is 10. The molecule has 3 aromatic carbocycles. The quantitative estimate of drug-likeness (QED) is 0.177. The van der Waals surface area contributed by atoms with Crippen molar-refractivity contribution in [2.75, 3.05) is 6.54 Å². The fourth-order valence-corrected chi connectivity index (χ4v) is 4.36. The first-order valence-corrected chi connectivity index (χ1v) is 13.8. The van der Waals surface area contributed by atoms with Crippen LogP contribution in [0.4, 0.5) is 4.79 Å². The summed E-state index contributed by atoms with van der Waals surface area (Å²) in [6, 6.07) is 21.7. The van der Waals surface area contributed by atoms with Gasteiger partial charge in [0.05, 0.1) is 12.8 Å². The first kappa shape index (κ1) is 29.8. The number of hydrogen-bond donors (Lipinski definition) is 3. The third-order valence-corrected chi connectivity index (χ3v) is 6.48. The predicted molar refractivity (Wildman–Crippen MR) is 158 cm³/mol. The Morgan fingerprint density at radius 1 is 1.00 bits per heavy atom. The number of benzene rings is 3. The molecule has 1 aromatic heterocycles. The Kier molecular flexibility index (Phi) is 9.81. The molecule has 0 fully saturated rings. The highest BCUT2D eigenvalue weighted by molar-refractivity contribution is 6.30. The van der Waals surface area contributed by atoms with Crippen LogP contribution < -0.4 is 10.6 Å². The monoisotopic (exact) mass is 575 g/mol. The number of aliphatic hydroxyl groups excluding tert-OH is 1. The zero-order valence-electron chi connectivity index (χ0n) is 23.3. The molecule has 3 N–H and O–H groups in total. The average molecular weight is 576 g/mol. The lowest BCUT2D eigenvalue weighted by Crippen LogP contribution is -2.34. The van der Waals surface area contributed by atoms with Crippen LogP contribution in [0.1, 0.15) is 61.5 Å². The van der Waals surface area contributed by atoms with Crippen molar-refractivity contribution >= 4 is 23.6 Å². The molecule has 0 saturated heterocycles. The van der Waals surface area contributed by atoms with Crippen LogP contribution in [0.25, 0.3) is 22.5 Å². The Balaban J connectivity index is 1.55. The minimum atomic E-state index is -0.602. The van der Waals surface area contributed by atoms with Gasteiger partial charge in [-0.2, -0.15) is 0 Å². The summed E-state index contributed by atoms with van der Waals surface area (Å²) in [5.74, 6) is 0.485. The van der Waals surface area contributed by atoms with Crippen molar-refractivity contribution in [2.24, 2.45) is 0 Å². The van der Waals surface area contributed by atoms with Gasteiger partial charge in [-0.3, -0.25) is 4.79 Å². The zero-order valence-corrected chi connectivity index (χ0v) is 24.1. The van der Waals surface area contributed by atoms with E-state index in [2.05, 4.69) is 15.6 Å². The first-order valence-electron chi connectivity index (χ1n) is 13.4. The summed E-state index contributed by atoms with van der Waals surface area (Å²) in [6.07, 6.45) is 2.03. The van der Waals surface area contributed by atoms with Crippen molar-refractivity contribution in [3.8, 4) is 22.5 Å². The maximum Gasteiger partial charge on any atom is 0.407 e. The average Bonchev–Trinajstić information content (AvgIpc) is 3.44. The van der Waals surface area contributed by atoms with Crippen LogP contribution in [0.3, 0.4) is 0 Å². The molecule has 0 spiro atoms. The number of carbonyl (C=O) groups is 2. The predicted octanol–water partition coefficient (Wildman–Crippen LogP) is 6.93. The Morgan fingerprint density at radius 3 is 2.39 bits per heavy atom. The standard InChI is InChI=1S/C32H34ClN3O5/c1-32(2,3)41-31(39)34-17-7-10-27(30-35-19-28(40-30)22-13-15-25(33)16-14-22)36-29(38)26-18-23(11-12-24(26)20-37)21-8-5-4-6-9-21/h4-6,8-9,11-16,18-19,27,37H,7,10,17,20H2,1-3H3,(H,34,39)(H,36,38)/t27-/m0/s1. The van der Waals surface area contributed by atoms with Crippen LogP contribution in [0, 0.1) is 0 Å². The van der Waals surface area contributed by atoms with E-state index in [9.17, 15) is 14.7 Å². The Hall–Kier alpha value is -4.14. The summed E-state index contributed by atoms with van der Waals surface area (Å²) in [6.45, 7) is 5.44. The zero-order chi connectivity index (χ0) is 29.4. The largest absolute Gasteiger partial charge is 0.444 e. The van der Waals surface area contributed by atoms with Gasteiger partial charge in [0, 0.05) is 22.7 Å². The second kappa shape index (κ2) is 13.5. The van der Waals surface area contributed by atoms with Crippen molar-refractivity contribution in [2.45, 2.75) is 51.9 Å². The van der Waals surface area contributed by atoms with Crippen molar-refractivity contribution in [3.63, 3.8) is 0 Å². The lowest BCUT2D eigenvalue weighted by atomic mass is 9.98. The second-order valence-electron chi connectivity index (χ2n) is 10.6. The highest BCUT2D eigenvalue weighted by Crippen LogP contribution is 2.28. The molecule has 0 aliphatic carbocycles. The molecule has 41 heavy (non-hydrogen) atoms. The normalized spacial score (nSPS) is 12.0. The Morgan fingerprint density at radius 2 is 1.71 bits per heavy atom. The molecule has 9 heteroatoms. The van der Waals surface area contributed by atoms with Crippen molar-refractivity contribution in [1.82, 2.24) is 15.6 Å². The highest BCUT2D eigenvalue weighted by atomic mass is 35.5. The minimum Gasteiger partial charge on any atom is -0.444 e. The van der Waals surface area contributed by atoms with E-state index in [1.807, 2.05) is 48.5 Å². The lowest BCUT2D eigenvalue weighted by Gasteiger charge is -2.20. The Bertz CT molecular complexity index is 1460. The van der Waals surface area contributed by atoms with Crippen molar-refractivity contribution in [1.29, 1.82) is 0 Å². The molecule has 4 rings (SSSR count). The van der Waals surface area contributed by atoms with Crippen LogP contribution >= 0.6 is 11.6 Å². The van der Waals surface area contributed by atoms with Gasteiger partial charge in [0.15, 0.2) is 5.76 Å². The molecule has 214 valence electrons. The SMILES string of the molecule is CC(C)(C)OC(=O)NCCC[C@H](NC(=O)c1cc(-c2ccccc2)ccc1CO)c1ncc(-c2ccc(Cl)cc2)o1. The molecular formula is C32H34ClN3O5. The molecule has 1 heterocycles. The molecule has 0 radical (unpaired) electrons. The van der Waals surface area contributed by atoms with E-state index >= 15 is 0 Å². The Labute approximate surface area is 244 Å². The number of nitrogens with one attached hydrogen (secondary N) is 2. The molecule has 2 amide bonds. The number of halogens is 1. The molecule has 0 aliphatic rings. The van der Waals surface area contributed by atoms with Crippen molar-refractivity contribution in [3.05, 3.63) is 101 Å². The first-order chi connectivity index (χ1) is 19.6. The topological polar surface area (TPSA) is 114 Å². The summed E-state index contributed by atoms with van der Waals surface area (Å²) in [5, 5.41) is 16.3. The summed E-state index contributed by atoms with van der Waals surface area (Å²) >= 11 is 6.02. The van der Waals surface area contributed by atoms with Gasteiger partial charge in [0.1, 0.15) is 11.6 Å². The molecule has 8 nitrogen and oxygen atoms in total. The number of amides is 2. The number of aliphatic hydroxyl groups is 1. The number of ether oxygens (including phenoxy) is 1. The highest BCUT2D eigenvalue weighted by Gasteiger charge is 2.23. The molecule has 1 atom stereocenters. The van der Waals surface area contributed by atoms with E-state index in [-0.39, 0.29) is 12.5 Å². The minimum absolute atomic E-state index is 0.290. The maximum atomic E-state index is 13.6. The summed E-state index contributed by atoms with van der Waals surface area (Å²) in [7, 11) is 0. The third-order valence-electron chi connectivity index (χ3n) is 6.23. The number of oxazole rings is 1. The smallest absolute Gasteiger partial charge is 0.407 e. The van der Waals surface area contributed by atoms with Crippen LogP contribution in [0.15, 0.2) is 83.4 Å². The molecule has 0 aliphatic heterocycles. The summed E-state index contributed by atoms with van der Waals surface area (Å²) in [5.41, 5.74) is 2.86.